The van der Waals surface area contributed by atoms with E-state index >= 15 is 0 Å². The minimum absolute atomic E-state index is 0. The van der Waals surface area contributed by atoms with Gasteiger partial charge in [0.15, 0.2) is 0 Å². The molecular formula is C12H24NNdO12. The van der Waals surface area contributed by atoms with E-state index in [0.717, 1.165) is 27.7 Å². The maximum absolute atomic E-state index is 9.34. The van der Waals surface area contributed by atoms with Crippen molar-refractivity contribution in [2.75, 3.05) is 0 Å². The summed E-state index contributed by atoms with van der Waals surface area (Å²) in [5.41, 5.74) is 0. The summed E-state index contributed by atoms with van der Waals surface area (Å²) in [7, 11) is 0. The number of carboxylic acids is 4. The molecule has 0 aliphatic carbocycles. The van der Waals surface area contributed by atoms with Gasteiger partial charge in [0.25, 0.3) is 0 Å². The van der Waals surface area contributed by atoms with Gasteiger partial charge in [-0.1, -0.05) is 0 Å². The largest absolute Gasteiger partial charge is 3.00 e. The summed E-state index contributed by atoms with van der Waals surface area (Å²) in [6, 6.07) is 0. The molecule has 4 unspecified atom stereocenters. The fourth-order valence-corrected chi connectivity index (χ4v) is 0. The summed E-state index contributed by atoms with van der Waals surface area (Å²) in [6.45, 7) is 4.54. The molecule has 0 aliphatic rings. The molecule has 1 radical (unpaired) electrons. The summed E-state index contributed by atoms with van der Waals surface area (Å²) >= 11 is 0. The van der Waals surface area contributed by atoms with E-state index in [1.165, 1.54) is 0 Å². The van der Waals surface area contributed by atoms with Gasteiger partial charge in [-0.05, 0) is 27.7 Å². The van der Waals surface area contributed by atoms with Crippen LogP contribution >= 0.6 is 0 Å². The van der Waals surface area contributed by atoms with Crippen LogP contribution in [0.25, 0.3) is 0 Å². The predicted molar refractivity (Wildman–Crippen MR) is 72.7 cm³/mol. The number of quaternary nitrogens is 1. The fourth-order valence-electron chi connectivity index (χ4n) is 0. The van der Waals surface area contributed by atoms with Gasteiger partial charge in [-0.3, -0.25) is 0 Å². The number of aliphatic carboxylic acids is 4. The third kappa shape index (κ3) is 49.5. The van der Waals surface area contributed by atoms with Crippen LogP contribution in [-0.4, -0.2) is 68.7 Å². The SMILES string of the molecule is CC(O)C(=O)[O-].CC(O)C(=O)[O-].CC(O)C(=O)[O-].CC(O)C(=O)[O-].[NH4+].[Nd+3]. The second-order valence-electron chi connectivity index (χ2n) is 3.98. The second kappa shape index (κ2) is 24.0. The number of carbonyl (C=O) groups is 4. The van der Waals surface area contributed by atoms with E-state index in [1.807, 2.05) is 0 Å². The number of aliphatic hydroxyl groups is 4. The van der Waals surface area contributed by atoms with Gasteiger partial charge < -0.3 is 66.2 Å². The summed E-state index contributed by atoms with van der Waals surface area (Å²) in [5, 5.41) is 69.2. The van der Waals surface area contributed by atoms with Gasteiger partial charge in [0.2, 0.25) is 0 Å². The van der Waals surface area contributed by atoms with E-state index in [-0.39, 0.29) is 47.0 Å². The molecule has 0 aromatic carbocycles. The van der Waals surface area contributed by atoms with Gasteiger partial charge in [-0.15, -0.1) is 0 Å². The van der Waals surface area contributed by atoms with Crippen LogP contribution in [0, 0.1) is 40.8 Å². The Balaban J connectivity index is -0.0000000500. The molecule has 0 bridgehead atoms. The van der Waals surface area contributed by atoms with Gasteiger partial charge in [0.1, 0.15) is 0 Å². The number of hydrogen-bond donors (Lipinski definition) is 5. The maximum atomic E-state index is 9.34. The number of rotatable bonds is 4. The van der Waals surface area contributed by atoms with E-state index in [1.54, 1.807) is 0 Å². The first-order chi connectivity index (χ1) is 10.6. The average Bonchev–Trinajstić information content (AvgIpc) is 2.40. The average molecular weight is 519 g/mol. The molecular weight excluding hydrogens is 494 g/mol. The minimum atomic E-state index is -1.44. The fraction of sp³-hybridized carbons (Fsp3) is 0.667. The molecule has 0 spiro atoms. The molecule has 0 rings (SSSR count). The molecule has 0 fully saturated rings. The van der Waals surface area contributed by atoms with Crippen molar-refractivity contribution in [3.63, 3.8) is 0 Å². The molecule has 8 N–H and O–H groups in total. The van der Waals surface area contributed by atoms with Gasteiger partial charge in [-0.2, -0.15) is 0 Å². The number of carbonyl (C=O) groups excluding carboxylic acids is 4. The third-order valence-electron chi connectivity index (χ3n) is 1.36. The Kier molecular flexibility index (Phi) is 36.9. The van der Waals surface area contributed by atoms with Crippen LogP contribution in [0.5, 0.6) is 0 Å². The van der Waals surface area contributed by atoms with Gasteiger partial charge in [0.05, 0.1) is 48.3 Å². The smallest absolute Gasteiger partial charge is 0.547 e. The van der Waals surface area contributed by atoms with Crippen molar-refractivity contribution in [2.45, 2.75) is 52.1 Å². The monoisotopic (exact) mass is 516 g/mol. The molecule has 14 heteroatoms. The normalized spacial score (nSPS) is 12.6. The molecule has 0 heterocycles. The molecule has 0 aromatic heterocycles. The number of hydrogen-bond acceptors (Lipinski definition) is 12. The minimum Gasteiger partial charge on any atom is -0.547 e. The van der Waals surface area contributed by atoms with Crippen LogP contribution in [-0.2, 0) is 19.2 Å². The topological polar surface area (TPSA) is 278 Å². The van der Waals surface area contributed by atoms with Gasteiger partial charge in [0, 0.05) is 0 Å². The quantitative estimate of drug-likeness (QED) is 0.232. The molecule has 26 heavy (non-hydrogen) atoms. The van der Waals surface area contributed by atoms with Crippen molar-refractivity contribution in [1.29, 1.82) is 0 Å². The standard InChI is InChI=1S/4C3H6O3.H3N.Nd/c4*1-2(4)3(5)6;;/h4*2,4H,1H3,(H,5,6);1H3;/q;;;;;+3/p-3. The summed E-state index contributed by atoms with van der Waals surface area (Å²) in [4.78, 5) is 37.4. The van der Waals surface area contributed by atoms with Crippen molar-refractivity contribution in [3.8, 4) is 0 Å². The van der Waals surface area contributed by atoms with Crippen molar-refractivity contribution in [3.05, 3.63) is 0 Å². The summed E-state index contributed by atoms with van der Waals surface area (Å²) in [5.74, 6) is -5.74. The zero-order valence-corrected chi connectivity index (χ0v) is 18.1. The first-order valence-corrected chi connectivity index (χ1v) is 6.13. The number of carboxylic acid groups (broad SMARTS) is 4. The first-order valence-electron chi connectivity index (χ1n) is 6.13. The molecule has 0 aliphatic heterocycles. The van der Waals surface area contributed by atoms with Crippen LogP contribution in [0.4, 0.5) is 0 Å². The first kappa shape index (κ1) is 39.9. The Hall–Kier alpha value is -0.969. The Morgan fingerprint density at radius 3 is 0.577 bits per heavy atom. The van der Waals surface area contributed by atoms with E-state index < -0.39 is 48.3 Å². The van der Waals surface area contributed by atoms with E-state index in [4.69, 9.17) is 20.4 Å². The van der Waals surface area contributed by atoms with Gasteiger partial charge in [-0.25, -0.2) is 0 Å². The van der Waals surface area contributed by atoms with Crippen LogP contribution in [0.1, 0.15) is 27.7 Å². The molecule has 4 atom stereocenters. The van der Waals surface area contributed by atoms with Crippen LogP contribution in [0.15, 0.2) is 0 Å². The second-order valence-corrected chi connectivity index (χ2v) is 3.98. The molecule has 13 nitrogen and oxygen atoms in total. The Morgan fingerprint density at radius 2 is 0.577 bits per heavy atom. The Bertz CT molecular complexity index is 312. The molecule has 0 amide bonds. The maximum Gasteiger partial charge on any atom is 3.00 e. The van der Waals surface area contributed by atoms with Crippen molar-refractivity contribution >= 4 is 23.9 Å². The van der Waals surface area contributed by atoms with E-state index in [0.29, 0.717) is 0 Å². The molecule has 0 saturated heterocycles. The Labute approximate surface area is 182 Å². The van der Waals surface area contributed by atoms with Crippen molar-refractivity contribution < 1.29 is 101 Å². The third-order valence-corrected chi connectivity index (χ3v) is 1.36. The van der Waals surface area contributed by atoms with Gasteiger partial charge >= 0.3 is 40.8 Å². The van der Waals surface area contributed by atoms with Crippen LogP contribution < -0.4 is 26.6 Å². The van der Waals surface area contributed by atoms with Crippen LogP contribution in [0.3, 0.4) is 0 Å². The zero-order chi connectivity index (χ0) is 20.6. The summed E-state index contributed by atoms with van der Waals surface area (Å²) < 4.78 is 0. The molecule has 0 aromatic rings. The van der Waals surface area contributed by atoms with Crippen LogP contribution in [0.2, 0.25) is 0 Å². The number of aliphatic hydroxyl groups excluding tert-OH is 4. The Morgan fingerprint density at radius 1 is 0.538 bits per heavy atom. The molecule has 0 saturated carbocycles. The van der Waals surface area contributed by atoms with E-state index in [9.17, 15) is 39.6 Å². The zero-order valence-electron chi connectivity index (χ0n) is 14.9. The van der Waals surface area contributed by atoms with Crippen molar-refractivity contribution in [2.24, 2.45) is 0 Å². The summed E-state index contributed by atoms with van der Waals surface area (Å²) in [6.07, 6.45) is -5.37. The predicted octanol–water partition coefficient (Wildman–Crippen LogP) is -7.16. The van der Waals surface area contributed by atoms with Crippen molar-refractivity contribution in [1.82, 2.24) is 6.15 Å². The molecule has 153 valence electrons. The van der Waals surface area contributed by atoms with E-state index in [2.05, 4.69) is 0 Å².